The number of hydrogen-bond donors (Lipinski definition) is 0. The molecule has 0 aliphatic rings. The summed E-state index contributed by atoms with van der Waals surface area (Å²) in [6, 6.07) is 10.7. The van der Waals surface area contributed by atoms with E-state index in [-0.39, 0.29) is 0 Å². The SMILES string of the molecule is [B]CCCCCCc1ccccc1. The summed E-state index contributed by atoms with van der Waals surface area (Å²) in [6.07, 6.45) is 7.12. The largest absolute Gasteiger partial charge is 0.0887 e. The minimum Gasteiger partial charge on any atom is -0.0887 e. The first kappa shape index (κ1) is 10.4. The van der Waals surface area contributed by atoms with Crippen LogP contribution in [0.3, 0.4) is 0 Å². The second-order valence-electron chi connectivity index (χ2n) is 3.44. The van der Waals surface area contributed by atoms with Crippen LogP contribution < -0.4 is 0 Å². The standard InChI is InChI=1S/C12H17B/c13-11-7-2-1-4-8-12-9-5-3-6-10-12/h3,5-6,9-10H,1-2,4,7-8,11H2. The van der Waals surface area contributed by atoms with Crippen LogP contribution in [0.2, 0.25) is 6.32 Å². The van der Waals surface area contributed by atoms with Crippen LogP contribution in [0.5, 0.6) is 0 Å². The third-order valence-electron chi connectivity index (χ3n) is 2.26. The lowest BCUT2D eigenvalue weighted by atomic mass is 9.98. The molecule has 0 nitrogen and oxygen atoms in total. The third kappa shape index (κ3) is 4.77. The molecule has 0 aliphatic carbocycles. The van der Waals surface area contributed by atoms with Crippen molar-refractivity contribution in [2.24, 2.45) is 0 Å². The average Bonchev–Trinajstić information content (AvgIpc) is 2.19. The highest BCUT2D eigenvalue weighted by Gasteiger charge is 1.91. The van der Waals surface area contributed by atoms with Gasteiger partial charge in [-0.05, 0) is 18.4 Å². The number of rotatable bonds is 6. The second kappa shape index (κ2) is 6.76. The molecule has 0 aromatic heterocycles. The van der Waals surface area contributed by atoms with Gasteiger partial charge in [-0.2, -0.15) is 0 Å². The highest BCUT2D eigenvalue weighted by Crippen LogP contribution is 2.07. The Bertz CT molecular complexity index is 206. The first-order valence-corrected chi connectivity index (χ1v) is 5.17. The molecule has 0 unspecified atom stereocenters. The van der Waals surface area contributed by atoms with E-state index >= 15 is 0 Å². The molecular weight excluding hydrogens is 155 g/mol. The zero-order chi connectivity index (χ0) is 9.36. The molecule has 13 heavy (non-hydrogen) atoms. The van der Waals surface area contributed by atoms with Crippen molar-refractivity contribution in [2.75, 3.05) is 0 Å². The van der Waals surface area contributed by atoms with Crippen molar-refractivity contribution in [2.45, 2.75) is 38.4 Å². The van der Waals surface area contributed by atoms with Crippen molar-refractivity contribution >= 4 is 7.85 Å². The van der Waals surface area contributed by atoms with E-state index in [9.17, 15) is 0 Å². The van der Waals surface area contributed by atoms with E-state index in [2.05, 4.69) is 30.3 Å². The molecule has 68 valence electrons. The molecule has 1 aromatic carbocycles. The Balaban J connectivity index is 2.07. The van der Waals surface area contributed by atoms with Gasteiger partial charge < -0.3 is 0 Å². The predicted molar refractivity (Wildman–Crippen MR) is 59.2 cm³/mol. The Kier molecular flexibility index (Phi) is 5.39. The van der Waals surface area contributed by atoms with Crippen molar-refractivity contribution in [1.29, 1.82) is 0 Å². The van der Waals surface area contributed by atoms with E-state index < -0.39 is 0 Å². The van der Waals surface area contributed by atoms with Gasteiger partial charge in [0.05, 0.1) is 7.85 Å². The maximum absolute atomic E-state index is 5.42. The molecule has 1 heteroatoms. The maximum Gasteiger partial charge on any atom is 0.0653 e. The Morgan fingerprint density at radius 2 is 1.54 bits per heavy atom. The predicted octanol–water partition coefficient (Wildman–Crippen LogP) is 3.38. The van der Waals surface area contributed by atoms with Crippen LogP contribution in [-0.2, 0) is 6.42 Å². The Labute approximate surface area is 82.8 Å². The van der Waals surface area contributed by atoms with E-state index in [1.807, 2.05) is 0 Å². The fourth-order valence-electron chi connectivity index (χ4n) is 1.47. The molecule has 0 saturated carbocycles. The smallest absolute Gasteiger partial charge is 0.0653 e. The van der Waals surface area contributed by atoms with Crippen LogP contribution in [0.15, 0.2) is 30.3 Å². The van der Waals surface area contributed by atoms with Gasteiger partial charge in [0.25, 0.3) is 0 Å². The van der Waals surface area contributed by atoms with Gasteiger partial charge in [0.15, 0.2) is 0 Å². The average molecular weight is 172 g/mol. The molecule has 1 aromatic rings. The lowest BCUT2D eigenvalue weighted by molar-refractivity contribution is 0.666. The monoisotopic (exact) mass is 172 g/mol. The molecule has 0 amide bonds. The van der Waals surface area contributed by atoms with Gasteiger partial charge in [-0.1, -0.05) is 55.9 Å². The normalized spacial score (nSPS) is 10.2. The molecule has 0 saturated heterocycles. The maximum atomic E-state index is 5.42. The van der Waals surface area contributed by atoms with E-state index in [0.29, 0.717) is 0 Å². The molecule has 0 atom stereocenters. The fraction of sp³-hybridized carbons (Fsp3) is 0.500. The Morgan fingerprint density at radius 1 is 0.846 bits per heavy atom. The van der Waals surface area contributed by atoms with Gasteiger partial charge in [0.1, 0.15) is 0 Å². The lowest BCUT2D eigenvalue weighted by Gasteiger charge is -2.00. The molecule has 0 heterocycles. The number of unbranched alkanes of at least 4 members (excludes halogenated alkanes) is 3. The van der Waals surface area contributed by atoms with Crippen LogP contribution in [0.4, 0.5) is 0 Å². The molecule has 0 fully saturated rings. The minimum absolute atomic E-state index is 0.839. The van der Waals surface area contributed by atoms with Crippen molar-refractivity contribution in [3.8, 4) is 0 Å². The van der Waals surface area contributed by atoms with Crippen LogP contribution in [0.25, 0.3) is 0 Å². The number of hydrogen-bond acceptors (Lipinski definition) is 0. The zero-order valence-electron chi connectivity index (χ0n) is 8.21. The van der Waals surface area contributed by atoms with Crippen molar-refractivity contribution in [3.05, 3.63) is 35.9 Å². The van der Waals surface area contributed by atoms with Crippen LogP contribution >= 0.6 is 0 Å². The number of benzene rings is 1. The summed E-state index contributed by atoms with van der Waals surface area (Å²) in [5.74, 6) is 0. The van der Waals surface area contributed by atoms with Crippen LogP contribution in [0, 0.1) is 0 Å². The van der Waals surface area contributed by atoms with E-state index in [1.165, 1.54) is 37.7 Å². The van der Waals surface area contributed by atoms with E-state index in [4.69, 9.17) is 7.85 Å². The van der Waals surface area contributed by atoms with Gasteiger partial charge in [-0.3, -0.25) is 0 Å². The van der Waals surface area contributed by atoms with E-state index in [1.54, 1.807) is 0 Å². The summed E-state index contributed by atoms with van der Waals surface area (Å²) in [5.41, 5.74) is 1.45. The van der Waals surface area contributed by atoms with Crippen molar-refractivity contribution < 1.29 is 0 Å². The van der Waals surface area contributed by atoms with Gasteiger partial charge in [-0.25, -0.2) is 0 Å². The highest BCUT2D eigenvalue weighted by atomic mass is 14.0. The summed E-state index contributed by atoms with van der Waals surface area (Å²) >= 11 is 0. The lowest BCUT2D eigenvalue weighted by Crippen LogP contribution is -1.85. The van der Waals surface area contributed by atoms with Gasteiger partial charge in [0.2, 0.25) is 0 Å². The minimum atomic E-state index is 0.839. The molecule has 1 rings (SSSR count). The summed E-state index contributed by atoms with van der Waals surface area (Å²) in [7, 11) is 5.42. The second-order valence-corrected chi connectivity index (χ2v) is 3.44. The summed E-state index contributed by atoms with van der Waals surface area (Å²) in [6.45, 7) is 0. The highest BCUT2D eigenvalue weighted by molar-refractivity contribution is 6.08. The van der Waals surface area contributed by atoms with Crippen molar-refractivity contribution in [1.82, 2.24) is 0 Å². The first-order chi connectivity index (χ1) is 6.43. The van der Waals surface area contributed by atoms with Crippen molar-refractivity contribution in [3.63, 3.8) is 0 Å². The van der Waals surface area contributed by atoms with E-state index in [0.717, 1.165) is 6.32 Å². The molecule has 2 radical (unpaired) electrons. The molecule has 0 bridgehead atoms. The summed E-state index contributed by atoms with van der Waals surface area (Å²) < 4.78 is 0. The Hall–Kier alpha value is -0.715. The van der Waals surface area contributed by atoms with Gasteiger partial charge >= 0.3 is 0 Å². The first-order valence-electron chi connectivity index (χ1n) is 5.17. The molecule has 0 aliphatic heterocycles. The van der Waals surface area contributed by atoms with Gasteiger partial charge in [0, 0.05) is 0 Å². The van der Waals surface area contributed by atoms with Gasteiger partial charge in [-0.15, -0.1) is 0 Å². The third-order valence-corrected chi connectivity index (χ3v) is 2.26. The molecule has 0 N–H and O–H groups in total. The Morgan fingerprint density at radius 3 is 2.23 bits per heavy atom. The fourth-order valence-corrected chi connectivity index (χ4v) is 1.47. The number of aryl methyl sites for hydroxylation is 1. The van der Waals surface area contributed by atoms with Crippen LogP contribution in [0.1, 0.15) is 31.2 Å². The molecule has 0 spiro atoms. The van der Waals surface area contributed by atoms with Crippen LogP contribution in [-0.4, -0.2) is 7.85 Å². The topological polar surface area (TPSA) is 0 Å². The quantitative estimate of drug-likeness (QED) is 0.455. The summed E-state index contributed by atoms with van der Waals surface area (Å²) in [4.78, 5) is 0. The molecular formula is C12H17B. The summed E-state index contributed by atoms with van der Waals surface area (Å²) in [5, 5.41) is 0. The zero-order valence-corrected chi connectivity index (χ0v) is 8.21.